The number of nitrogens with two attached hydrogens (primary N) is 1. The first-order chi connectivity index (χ1) is 12.3. The SMILES string of the molecule is CCCCC(=O)NCCOCCOC(=O)NC=N.CN(C)C.CN=CN. The number of hydrogen-bond donors (Lipinski definition) is 4. The monoisotopic (exact) mass is 376 g/mol. The van der Waals surface area contributed by atoms with E-state index in [9.17, 15) is 9.59 Å². The first-order valence-corrected chi connectivity index (χ1v) is 8.35. The Balaban J connectivity index is -0.000000551. The van der Waals surface area contributed by atoms with E-state index >= 15 is 0 Å². The van der Waals surface area contributed by atoms with Crippen LogP contribution >= 0.6 is 0 Å². The predicted octanol–water partition coefficient (Wildman–Crippen LogP) is 0.424. The lowest BCUT2D eigenvalue weighted by atomic mass is 10.2. The van der Waals surface area contributed by atoms with Gasteiger partial charge in [0.2, 0.25) is 5.91 Å². The van der Waals surface area contributed by atoms with Crippen LogP contribution in [0, 0.1) is 5.41 Å². The quantitative estimate of drug-likeness (QED) is 0.247. The number of aliphatic imine (C=N–C) groups is 1. The zero-order valence-electron chi connectivity index (χ0n) is 16.7. The summed E-state index contributed by atoms with van der Waals surface area (Å²) in [6.45, 7) is 3.24. The van der Waals surface area contributed by atoms with Gasteiger partial charge in [0.1, 0.15) is 6.61 Å². The van der Waals surface area contributed by atoms with Gasteiger partial charge in [-0.05, 0) is 27.6 Å². The van der Waals surface area contributed by atoms with Crippen LogP contribution in [-0.4, -0.2) is 84.1 Å². The van der Waals surface area contributed by atoms with Crippen LogP contribution in [-0.2, 0) is 14.3 Å². The van der Waals surface area contributed by atoms with E-state index in [1.807, 2.05) is 33.0 Å². The lowest BCUT2D eigenvalue weighted by Gasteiger charge is -2.06. The lowest BCUT2D eigenvalue weighted by Crippen LogP contribution is -2.28. The van der Waals surface area contributed by atoms with Gasteiger partial charge in [0.05, 0.1) is 25.9 Å². The molecule has 0 rings (SSSR count). The normalized spacial score (nSPS) is 9.46. The smallest absolute Gasteiger partial charge is 0.412 e. The maximum atomic E-state index is 11.2. The number of nitrogens with zero attached hydrogens (tertiary/aromatic N) is 2. The molecule has 0 atom stereocenters. The molecule has 0 aliphatic rings. The minimum Gasteiger partial charge on any atom is -0.447 e. The standard InChI is InChI=1S/C11H21N3O4.C3H9N.C2H6N2/c1-2-3-4-10(15)13-5-6-17-7-8-18-11(16)14-9-12;1-4(2)3;1-4-2-3/h9H,2-8H2,1H3,(H,13,15)(H2,12,14,16);1-3H3;2H,1H3,(H2,3,4). The van der Waals surface area contributed by atoms with Gasteiger partial charge in [-0.1, -0.05) is 13.3 Å². The van der Waals surface area contributed by atoms with Crippen molar-refractivity contribution in [1.82, 2.24) is 15.5 Å². The number of unbranched alkanes of at least 4 members (excludes halogenated alkanes) is 1. The summed E-state index contributed by atoms with van der Waals surface area (Å²) in [5.74, 6) is 0.0297. The zero-order valence-corrected chi connectivity index (χ0v) is 16.7. The van der Waals surface area contributed by atoms with Gasteiger partial charge in [-0.15, -0.1) is 0 Å². The van der Waals surface area contributed by atoms with Crippen LogP contribution < -0.4 is 16.4 Å². The molecule has 0 aliphatic heterocycles. The number of nitrogens with one attached hydrogen (secondary N) is 3. The van der Waals surface area contributed by atoms with E-state index in [2.05, 4.69) is 20.4 Å². The third kappa shape index (κ3) is 37.8. The van der Waals surface area contributed by atoms with Gasteiger partial charge >= 0.3 is 6.09 Å². The van der Waals surface area contributed by atoms with Crippen molar-refractivity contribution in [3.8, 4) is 0 Å². The highest BCUT2D eigenvalue weighted by Crippen LogP contribution is 1.92. The summed E-state index contributed by atoms with van der Waals surface area (Å²) in [6, 6.07) is 0. The van der Waals surface area contributed by atoms with Gasteiger partial charge in [0.25, 0.3) is 0 Å². The molecule has 0 radical (unpaired) electrons. The van der Waals surface area contributed by atoms with Gasteiger partial charge in [0.15, 0.2) is 0 Å². The molecule has 0 aromatic carbocycles. The molecule has 0 spiro atoms. The Morgan fingerprint density at radius 1 is 1.23 bits per heavy atom. The van der Waals surface area contributed by atoms with Gasteiger partial charge in [-0.25, -0.2) is 4.79 Å². The van der Waals surface area contributed by atoms with Crippen molar-refractivity contribution in [3.63, 3.8) is 0 Å². The van der Waals surface area contributed by atoms with Crippen molar-refractivity contribution in [2.24, 2.45) is 10.7 Å². The van der Waals surface area contributed by atoms with E-state index in [1.165, 1.54) is 6.34 Å². The molecule has 0 aromatic heterocycles. The van der Waals surface area contributed by atoms with Crippen LogP contribution in [0.3, 0.4) is 0 Å². The lowest BCUT2D eigenvalue weighted by molar-refractivity contribution is -0.121. The predicted molar refractivity (Wildman–Crippen MR) is 105 cm³/mol. The number of carbonyl (C=O) groups excluding carboxylic acids is 2. The van der Waals surface area contributed by atoms with E-state index in [4.69, 9.17) is 15.9 Å². The highest BCUT2D eigenvalue weighted by Gasteiger charge is 2.00. The van der Waals surface area contributed by atoms with E-state index in [0.29, 0.717) is 19.6 Å². The molecule has 10 heteroatoms. The Morgan fingerprint density at radius 3 is 2.27 bits per heavy atom. The first kappa shape index (κ1) is 28.6. The summed E-state index contributed by atoms with van der Waals surface area (Å²) in [6.07, 6.45) is 3.75. The van der Waals surface area contributed by atoms with Crippen molar-refractivity contribution in [3.05, 3.63) is 0 Å². The maximum Gasteiger partial charge on any atom is 0.412 e. The summed E-state index contributed by atoms with van der Waals surface area (Å²) in [5, 5.41) is 11.4. The fraction of sp³-hybridized carbons (Fsp3) is 0.750. The van der Waals surface area contributed by atoms with Crippen LogP contribution in [0.1, 0.15) is 26.2 Å². The minimum atomic E-state index is -0.679. The Bertz CT molecular complexity index is 358. The van der Waals surface area contributed by atoms with Gasteiger partial charge in [0, 0.05) is 20.0 Å². The highest BCUT2D eigenvalue weighted by molar-refractivity contribution is 5.80. The van der Waals surface area contributed by atoms with Gasteiger partial charge in [-0.2, -0.15) is 0 Å². The van der Waals surface area contributed by atoms with E-state index in [1.54, 1.807) is 7.05 Å². The molecule has 0 unspecified atom stereocenters. The Labute approximate surface area is 157 Å². The van der Waals surface area contributed by atoms with Crippen LogP contribution in [0.25, 0.3) is 0 Å². The summed E-state index contributed by atoms with van der Waals surface area (Å²) in [7, 11) is 7.62. The Kier molecular flexibility index (Phi) is 27.5. The molecule has 154 valence electrons. The number of amides is 2. The second kappa shape index (κ2) is 25.0. The average Bonchev–Trinajstić information content (AvgIpc) is 2.59. The molecule has 5 N–H and O–H groups in total. The second-order valence-electron chi connectivity index (χ2n) is 5.24. The molecule has 0 fully saturated rings. The van der Waals surface area contributed by atoms with Crippen molar-refractivity contribution >= 4 is 24.7 Å². The van der Waals surface area contributed by atoms with E-state index < -0.39 is 6.09 Å². The third-order valence-corrected chi connectivity index (χ3v) is 2.13. The first-order valence-electron chi connectivity index (χ1n) is 8.35. The Hall–Kier alpha value is -2.20. The second-order valence-corrected chi connectivity index (χ2v) is 5.24. The van der Waals surface area contributed by atoms with E-state index in [-0.39, 0.29) is 19.1 Å². The van der Waals surface area contributed by atoms with Crippen molar-refractivity contribution in [1.29, 1.82) is 5.41 Å². The topological polar surface area (TPSA) is 142 Å². The van der Waals surface area contributed by atoms with Crippen LogP contribution in [0.5, 0.6) is 0 Å². The average molecular weight is 377 g/mol. The number of carbonyl (C=O) groups is 2. The summed E-state index contributed by atoms with van der Waals surface area (Å²) in [5.41, 5.74) is 4.74. The van der Waals surface area contributed by atoms with E-state index in [0.717, 1.165) is 19.2 Å². The number of alkyl carbamates (subject to hydrolysis) is 1. The molecule has 2 amide bonds. The van der Waals surface area contributed by atoms with Crippen LogP contribution in [0.15, 0.2) is 4.99 Å². The summed E-state index contributed by atoms with van der Waals surface area (Å²) >= 11 is 0. The highest BCUT2D eigenvalue weighted by atomic mass is 16.6. The van der Waals surface area contributed by atoms with Crippen molar-refractivity contribution in [2.75, 3.05) is 54.6 Å². The molecule has 26 heavy (non-hydrogen) atoms. The van der Waals surface area contributed by atoms with Crippen molar-refractivity contribution in [2.45, 2.75) is 26.2 Å². The molecule has 0 saturated carbocycles. The van der Waals surface area contributed by atoms with Gasteiger partial charge < -0.3 is 25.4 Å². The molecule has 0 saturated heterocycles. The maximum absolute atomic E-state index is 11.2. The van der Waals surface area contributed by atoms with Gasteiger partial charge in [-0.3, -0.25) is 20.5 Å². The van der Waals surface area contributed by atoms with Crippen LogP contribution in [0.4, 0.5) is 4.79 Å². The summed E-state index contributed by atoms with van der Waals surface area (Å²) < 4.78 is 9.79. The molecule has 0 heterocycles. The number of hydrogen-bond acceptors (Lipinski definition) is 7. The molecular weight excluding hydrogens is 340 g/mol. The Morgan fingerprint density at radius 2 is 1.81 bits per heavy atom. The zero-order chi connectivity index (χ0) is 20.6. The number of ether oxygens (including phenoxy) is 2. The van der Waals surface area contributed by atoms with Crippen LogP contribution in [0.2, 0.25) is 0 Å². The largest absolute Gasteiger partial charge is 0.447 e. The van der Waals surface area contributed by atoms with Crippen molar-refractivity contribution < 1.29 is 19.1 Å². The summed E-state index contributed by atoms with van der Waals surface area (Å²) in [4.78, 5) is 27.3. The molecule has 0 bridgehead atoms. The fourth-order valence-electron chi connectivity index (χ4n) is 1.08. The molecule has 0 aliphatic carbocycles. The number of rotatable bonds is 10. The molecule has 10 nitrogen and oxygen atoms in total. The molecule has 0 aromatic rings. The molecular formula is C16H36N6O4. The third-order valence-electron chi connectivity index (χ3n) is 2.13. The minimum absolute atomic E-state index is 0.0297. The fourth-order valence-corrected chi connectivity index (χ4v) is 1.08.